The van der Waals surface area contributed by atoms with E-state index in [1.807, 2.05) is 0 Å². The summed E-state index contributed by atoms with van der Waals surface area (Å²) in [6.07, 6.45) is 0. The number of aliphatic imine (C=N–C) groups is 1. The highest BCUT2D eigenvalue weighted by Crippen LogP contribution is 2.50. The Balaban J connectivity index is 1.56. The third-order valence-corrected chi connectivity index (χ3v) is 8.39. The van der Waals surface area contributed by atoms with Gasteiger partial charge in [0.05, 0.1) is 11.1 Å². The molecule has 6 heterocycles. The molecule has 0 N–H and O–H groups in total. The van der Waals surface area contributed by atoms with E-state index in [1.54, 1.807) is 0 Å². The number of aromatic nitrogens is 2. The van der Waals surface area contributed by atoms with Crippen molar-refractivity contribution >= 4 is 55.6 Å². The van der Waals surface area contributed by atoms with Crippen LogP contribution in [0.5, 0.6) is 0 Å². The van der Waals surface area contributed by atoms with Gasteiger partial charge < -0.3 is 0 Å². The monoisotopic (exact) mass is 461 g/mol. The zero-order chi connectivity index (χ0) is 23.3. The molecule has 6 heteroatoms. The number of hydrogen-bond donors (Lipinski definition) is 0. The lowest BCUT2D eigenvalue weighted by Gasteiger charge is -2.38. The van der Waals surface area contributed by atoms with Crippen molar-refractivity contribution in [2.24, 2.45) is 15.0 Å². The molecule has 0 unspecified atom stereocenters. The van der Waals surface area contributed by atoms with Gasteiger partial charge in [-0.3, -0.25) is 0 Å². The molecule has 0 radical (unpaired) electrons. The van der Waals surface area contributed by atoms with Crippen LogP contribution < -0.4 is 11.0 Å². The first kappa shape index (κ1) is 17.6. The minimum atomic E-state index is -0.608. The zero-order valence-corrected chi connectivity index (χ0v) is 19.3. The Morgan fingerprint density at radius 3 is 2.14 bits per heavy atom. The molecule has 166 valence electrons. The molecule has 1 atom stereocenters. The number of amidine groups is 2. The third-order valence-electron chi connectivity index (χ3n) is 8.39. The van der Waals surface area contributed by atoms with Gasteiger partial charge in [0.2, 0.25) is 11.3 Å². The quantitative estimate of drug-likeness (QED) is 0.295. The van der Waals surface area contributed by atoms with E-state index in [0.29, 0.717) is 0 Å². The summed E-state index contributed by atoms with van der Waals surface area (Å²) in [5, 5.41) is 6.95. The lowest BCUT2D eigenvalue weighted by atomic mass is 10.0. The fraction of sp³-hybridized carbons (Fsp3) is 0.0667. The highest BCUT2D eigenvalue weighted by Gasteiger charge is 2.56. The van der Waals surface area contributed by atoms with Gasteiger partial charge in [0.25, 0.3) is 17.5 Å². The van der Waals surface area contributed by atoms with Crippen molar-refractivity contribution < 1.29 is 4.58 Å². The smallest absolute Gasteiger partial charge is 0.240 e. The van der Waals surface area contributed by atoms with Crippen molar-refractivity contribution in [2.75, 3.05) is 0 Å². The van der Waals surface area contributed by atoms with Gasteiger partial charge in [-0.2, -0.15) is 4.58 Å². The second-order valence-corrected chi connectivity index (χ2v) is 10.1. The number of fused-ring (bicyclic) bond motifs is 11. The third kappa shape index (κ3) is 1.63. The van der Waals surface area contributed by atoms with Crippen LogP contribution in [0.25, 0.3) is 32.3 Å². The van der Waals surface area contributed by atoms with Gasteiger partial charge in [-0.15, -0.1) is 0 Å². The maximum atomic E-state index is 5.38. The molecule has 36 heavy (non-hydrogen) atoms. The van der Waals surface area contributed by atoms with Crippen LogP contribution in [0.15, 0.2) is 99.9 Å². The summed E-state index contributed by atoms with van der Waals surface area (Å²) in [5.41, 5.74) is 4.16. The number of rotatable bonds is 0. The first-order valence-electron chi connectivity index (χ1n) is 12.2. The summed E-state index contributed by atoms with van der Waals surface area (Å²) in [5.74, 6) is 3.21. The van der Waals surface area contributed by atoms with Crippen molar-refractivity contribution in [3.05, 3.63) is 107 Å². The molecule has 0 fully saturated rings. The van der Waals surface area contributed by atoms with E-state index in [4.69, 9.17) is 15.0 Å². The Morgan fingerprint density at radius 1 is 0.611 bits per heavy atom. The molecule has 4 aliphatic rings. The number of benzene rings is 4. The second kappa shape index (κ2) is 5.36. The number of nitrogens with zero attached hydrogens (tertiary/aromatic N) is 6. The first-order chi connectivity index (χ1) is 17.7. The average Bonchev–Trinajstić information content (AvgIpc) is 3.54. The normalized spacial score (nSPS) is 19.9. The molecule has 2 aromatic heterocycles. The van der Waals surface area contributed by atoms with E-state index in [0.717, 1.165) is 67.0 Å². The molecule has 0 bridgehead atoms. The predicted octanol–water partition coefficient (Wildman–Crippen LogP) is 4.69. The van der Waals surface area contributed by atoms with E-state index in [1.165, 1.54) is 10.8 Å². The van der Waals surface area contributed by atoms with Crippen LogP contribution >= 0.6 is 0 Å². The van der Waals surface area contributed by atoms with E-state index < -0.39 is 5.79 Å². The minimum Gasteiger partial charge on any atom is -0.240 e. The fourth-order valence-electron chi connectivity index (χ4n) is 6.92. The average molecular weight is 462 g/mol. The molecular weight excluding hydrogens is 444 g/mol. The summed E-state index contributed by atoms with van der Waals surface area (Å²) in [6, 6.07) is 30.0. The summed E-state index contributed by atoms with van der Waals surface area (Å²) in [4.78, 5) is 16.0. The van der Waals surface area contributed by atoms with Gasteiger partial charge in [-0.05, 0) is 35.0 Å². The molecule has 0 aliphatic carbocycles. The molecule has 4 aliphatic heterocycles. The van der Waals surface area contributed by atoms with Gasteiger partial charge in [0.15, 0.2) is 5.82 Å². The minimum absolute atomic E-state index is 0.608. The Morgan fingerprint density at radius 2 is 1.31 bits per heavy atom. The van der Waals surface area contributed by atoms with E-state index >= 15 is 0 Å². The maximum absolute atomic E-state index is 5.38. The zero-order valence-electron chi connectivity index (χ0n) is 19.3. The van der Waals surface area contributed by atoms with Crippen LogP contribution in [0.1, 0.15) is 18.1 Å². The molecule has 4 aromatic carbocycles. The molecule has 0 saturated heterocycles. The molecule has 0 amide bonds. The van der Waals surface area contributed by atoms with Gasteiger partial charge >= 0.3 is 0 Å². The van der Waals surface area contributed by atoms with Crippen molar-refractivity contribution in [3.63, 3.8) is 0 Å². The molecule has 0 saturated carbocycles. The van der Waals surface area contributed by atoms with Crippen LogP contribution in [0, 0.1) is 0 Å². The summed E-state index contributed by atoms with van der Waals surface area (Å²) < 4.78 is 6.97. The van der Waals surface area contributed by atoms with Crippen LogP contribution in [0.3, 0.4) is 0 Å². The van der Waals surface area contributed by atoms with E-state index in [-0.39, 0.29) is 0 Å². The highest BCUT2D eigenvalue weighted by atomic mass is 15.6. The predicted molar refractivity (Wildman–Crippen MR) is 139 cm³/mol. The number of hydrogen-bond acceptors (Lipinski definition) is 3. The maximum Gasteiger partial charge on any atom is 0.277 e. The van der Waals surface area contributed by atoms with Crippen molar-refractivity contribution in [2.45, 2.75) is 12.7 Å². The molecule has 10 rings (SSSR count). The Hall–Kier alpha value is -4.84. The van der Waals surface area contributed by atoms with Gasteiger partial charge in [0, 0.05) is 28.5 Å². The van der Waals surface area contributed by atoms with Crippen LogP contribution in [0.4, 0.5) is 11.6 Å². The topological polar surface area (TPSA) is 49.9 Å². The molecule has 6 nitrogen and oxygen atoms in total. The first-order valence-corrected chi connectivity index (χ1v) is 12.2. The Bertz CT molecular complexity index is 2280. The van der Waals surface area contributed by atoms with Gasteiger partial charge in [-0.25, -0.2) is 14.1 Å². The molecular formula is C30H17N6+. The van der Waals surface area contributed by atoms with Crippen molar-refractivity contribution in [1.82, 2.24) is 9.13 Å². The Kier molecular flexibility index (Phi) is 2.62. The summed E-state index contributed by atoms with van der Waals surface area (Å²) in [7, 11) is 0. The standard InChI is InChI=1S/C30H17N6/c1-30-34-24-18-10-4-5-11-19(18)26(34)32-28-22-15-14-16-8-2-3-9-17(16)23(22)29(36(28)30)33-27-21-13-7-6-12-20(21)25(31-24)35(27)30/h2-15H,1H3/q+1/t30-/m1/s1. The van der Waals surface area contributed by atoms with Gasteiger partial charge in [-0.1, -0.05) is 70.6 Å². The molecule has 6 aromatic rings. The van der Waals surface area contributed by atoms with E-state index in [2.05, 4.69) is 106 Å². The van der Waals surface area contributed by atoms with Crippen LogP contribution in [-0.4, -0.2) is 25.4 Å². The summed E-state index contributed by atoms with van der Waals surface area (Å²) >= 11 is 0. The molecule has 0 spiro atoms. The Labute approximate surface area is 204 Å². The lowest BCUT2D eigenvalue weighted by Crippen LogP contribution is -2.62. The SMILES string of the molecule is C[C@]12n3c4c5ccc6ccccc6c5c3N=c3c5ccccc5c(n31)=NC1=[N+]2C(=N4)c2ccccc21. The van der Waals surface area contributed by atoms with Crippen molar-refractivity contribution in [1.29, 1.82) is 0 Å². The highest BCUT2D eigenvalue weighted by molar-refractivity contribution is 6.20. The van der Waals surface area contributed by atoms with Crippen LogP contribution in [-0.2, 0) is 5.79 Å². The van der Waals surface area contributed by atoms with Crippen molar-refractivity contribution in [3.8, 4) is 0 Å². The van der Waals surface area contributed by atoms with E-state index in [9.17, 15) is 0 Å². The summed E-state index contributed by atoms with van der Waals surface area (Å²) in [6.45, 7) is 2.29. The fourth-order valence-corrected chi connectivity index (χ4v) is 6.92. The largest absolute Gasteiger partial charge is 0.277 e. The second-order valence-electron chi connectivity index (χ2n) is 10.1. The lowest BCUT2D eigenvalue weighted by molar-refractivity contribution is -0.550. The van der Waals surface area contributed by atoms with Crippen LogP contribution in [0.2, 0.25) is 0 Å². The van der Waals surface area contributed by atoms with Gasteiger partial charge in [0.1, 0.15) is 5.49 Å².